The van der Waals surface area contributed by atoms with Crippen molar-refractivity contribution in [3.8, 4) is 22.0 Å². The molecule has 0 unspecified atom stereocenters. The number of benzene rings is 2. The summed E-state index contributed by atoms with van der Waals surface area (Å²) in [7, 11) is 0. The smallest absolute Gasteiger partial charge is 0.277 e. The second-order valence-corrected chi connectivity index (χ2v) is 7.61. The van der Waals surface area contributed by atoms with Gasteiger partial charge in [-0.15, -0.1) is 11.3 Å². The Balaban J connectivity index is 1.45. The Kier molecular flexibility index (Phi) is 6.22. The van der Waals surface area contributed by atoms with Crippen LogP contribution in [0.25, 0.3) is 16.3 Å². The molecule has 0 aliphatic rings. The maximum absolute atomic E-state index is 12.0. The maximum Gasteiger partial charge on any atom is 0.277 e. The van der Waals surface area contributed by atoms with Crippen molar-refractivity contribution < 1.29 is 9.53 Å². The maximum atomic E-state index is 12.0. The van der Waals surface area contributed by atoms with E-state index in [0.29, 0.717) is 10.8 Å². The zero-order valence-corrected chi connectivity index (χ0v) is 17.3. The van der Waals surface area contributed by atoms with Crippen molar-refractivity contribution in [2.75, 3.05) is 6.61 Å². The van der Waals surface area contributed by atoms with E-state index in [1.54, 1.807) is 46.5 Å². The fourth-order valence-corrected chi connectivity index (χ4v) is 3.54. The van der Waals surface area contributed by atoms with Crippen LogP contribution in [0.15, 0.2) is 83.4 Å². The van der Waals surface area contributed by atoms with Gasteiger partial charge in [0.15, 0.2) is 6.61 Å². The van der Waals surface area contributed by atoms with Crippen LogP contribution < -0.4 is 10.2 Å². The predicted molar refractivity (Wildman–Crippen MR) is 120 cm³/mol. The van der Waals surface area contributed by atoms with E-state index in [2.05, 4.69) is 10.5 Å². The number of para-hydroxylation sites is 1. The topological polar surface area (TPSA) is 68.5 Å². The summed E-state index contributed by atoms with van der Waals surface area (Å²) in [4.78, 5) is 13.0. The van der Waals surface area contributed by atoms with Crippen molar-refractivity contribution in [1.29, 1.82) is 0 Å². The van der Waals surface area contributed by atoms with E-state index < -0.39 is 0 Å². The van der Waals surface area contributed by atoms with E-state index in [1.807, 2.05) is 54.0 Å². The van der Waals surface area contributed by atoms with Crippen LogP contribution in [0.5, 0.6) is 5.75 Å². The van der Waals surface area contributed by atoms with Gasteiger partial charge in [-0.05, 0) is 47.8 Å². The predicted octanol–water partition coefficient (Wildman–Crippen LogP) is 4.78. The molecule has 2 aromatic heterocycles. The second kappa shape index (κ2) is 9.39. The van der Waals surface area contributed by atoms with Gasteiger partial charge in [0, 0.05) is 16.8 Å². The quantitative estimate of drug-likeness (QED) is 0.334. The minimum atomic E-state index is -0.366. The van der Waals surface area contributed by atoms with Crippen molar-refractivity contribution in [2.24, 2.45) is 5.10 Å². The number of thiophene rings is 1. The lowest BCUT2D eigenvalue weighted by Crippen LogP contribution is -2.24. The Labute approximate surface area is 182 Å². The third-order valence-electron chi connectivity index (χ3n) is 4.09. The molecule has 8 heteroatoms. The summed E-state index contributed by atoms with van der Waals surface area (Å²) < 4.78 is 7.20. The number of hydrogen-bond acceptors (Lipinski definition) is 5. The summed E-state index contributed by atoms with van der Waals surface area (Å²) in [6.45, 7) is -0.153. The first-order chi connectivity index (χ1) is 14.7. The average molecular weight is 437 g/mol. The Morgan fingerprint density at radius 2 is 1.93 bits per heavy atom. The highest BCUT2D eigenvalue weighted by Gasteiger charge is 2.12. The Morgan fingerprint density at radius 1 is 1.13 bits per heavy atom. The molecule has 0 aliphatic heterocycles. The van der Waals surface area contributed by atoms with Gasteiger partial charge in [0.1, 0.15) is 11.4 Å². The lowest BCUT2D eigenvalue weighted by molar-refractivity contribution is -0.123. The zero-order chi connectivity index (χ0) is 20.8. The van der Waals surface area contributed by atoms with Gasteiger partial charge < -0.3 is 4.74 Å². The van der Waals surface area contributed by atoms with Crippen LogP contribution in [-0.4, -0.2) is 28.5 Å². The van der Waals surface area contributed by atoms with Crippen molar-refractivity contribution in [2.45, 2.75) is 0 Å². The number of aromatic nitrogens is 2. The fraction of sp³-hybridized carbons (Fsp3) is 0.0455. The van der Waals surface area contributed by atoms with Crippen LogP contribution in [0.4, 0.5) is 0 Å². The van der Waals surface area contributed by atoms with Crippen molar-refractivity contribution in [3.63, 3.8) is 0 Å². The van der Waals surface area contributed by atoms with Gasteiger partial charge in [0.2, 0.25) is 0 Å². The van der Waals surface area contributed by atoms with Crippen molar-refractivity contribution in [3.05, 3.63) is 88.9 Å². The molecule has 2 aromatic carbocycles. The van der Waals surface area contributed by atoms with Gasteiger partial charge in [-0.3, -0.25) is 4.79 Å². The summed E-state index contributed by atoms with van der Waals surface area (Å²) in [5.41, 5.74) is 5.01. The van der Waals surface area contributed by atoms with Gasteiger partial charge in [-0.2, -0.15) is 10.2 Å². The van der Waals surface area contributed by atoms with Crippen LogP contribution in [-0.2, 0) is 4.79 Å². The summed E-state index contributed by atoms with van der Waals surface area (Å²) in [6.07, 6.45) is 3.46. The molecule has 0 fully saturated rings. The molecule has 2 heterocycles. The number of ether oxygens (including phenoxy) is 1. The first kappa shape index (κ1) is 19.9. The molecule has 4 aromatic rings. The van der Waals surface area contributed by atoms with Gasteiger partial charge in [0.05, 0.1) is 16.8 Å². The number of nitrogens with one attached hydrogen (secondary N) is 1. The highest BCUT2D eigenvalue weighted by atomic mass is 35.5. The lowest BCUT2D eigenvalue weighted by atomic mass is 10.2. The van der Waals surface area contributed by atoms with Crippen LogP contribution in [0.2, 0.25) is 5.02 Å². The SMILES string of the molecule is O=C(COc1ccc(Cl)cc1)N/N=C/c1cn(-c2ccccc2)nc1-c1cccs1. The van der Waals surface area contributed by atoms with Crippen LogP contribution in [0, 0.1) is 0 Å². The molecule has 0 bridgehead atoms. The summed E-state index contributed by atoms with van der Waals surface area (Å²) in [6, 6.07) is 20.6. The number of hydrazone groups is 1. The van der Waals surface area contributed by atoms with Gasteiger partial charge in [-0.25, -0.2) is 10.1 Å². The molecule has 6 nitrogen and oxygen atoms in total. The largest absolute Gasteiger partial charge is 0.484 e. The number of amides is 1. The zero-order valence-electron chi connectivity index (χ0n) is 15.7. The molecule has 30 heavy (non-hydrogen) atoms. The van der Waals surface area contributed by atoms with E-state index in [9.17, 15) is 4.79 Å². The number of nitrogens with zero attached hydrogens (tertiary/aromatic N) is 3. The number of halogens is 1. The van der Waals surface area contributed by atoms with E-state index in [0.717, 1.165) is 21.8 Å². The lowest BCUT2D eigenvalue weighted by Gasteiger charge is -2.04. The Bertz CT molecular complexity index is 1140. The fourth-order valence-electron chi connectivity index (χ4n) is 2.69. The second-order valence-electron chi connectivity index (χ2n) is 6.23. The van der Waals surface area contributed by atoms with Crippen LogP contribution >= 0.6 is 22.9 Å². The first-order valence-corrected chi connectivity index (χ1v) is 10.3. The number of carbonyl (C=O) groups is 1. The van der Waals surface area contributed by atoms with Crippen LogP contribution in [0.1, 0.15) is 5.56 Å². The molecule has 1 N–H and O–H groups in total. The van der Waals surface area contributed by atoms with E-state index in [-0.39, 0.29) is 12.5 Å². The minimum absolute atomic E-state index is 0.153. The molecule has 150 valence electrons. The molecular weight excluding hydrogens is 420 g/mol. The van der Waals surface area contributed by atoms with Crippen LogP contribution in [0.3, 0.4) is 0 Å². The number of carbonyl (C=O) groups excluding carboxylic acids is 1. The van der Waals surface area contributed by atoms with Gasteiger partial charge >= 0.3 is 0 Å². The van der Waals surface area contributed by atoms with E-state index >= 15 is 0 Å². The van der Waals surface area contributed by atoms with Gasteiger partial charge in [0.25, 0.3) is 5.91 Å². The highest BCUT2D eigenvalue weighted by Crippen LogP contribution is 2.26. The number of rotatable bonds is 7. The molecule has 4 rings (SSSR count). The average Bonchev–Trinajstić information content (AvgIpc) is 3.44. The third kappa shape index (κ3) is 4.94. The van der Waals surface area contributed by atoms with E-state index in [4.69, 9.17) is 21.4 Å². The normalized spacial score (nSPS) is 11.0. The van der Waals surface area contributed by atoms with Crippen molar-refractivity contribution >= 4 is 35.1 Å². The molecule has 1 amide bonds. The Hall–Kier alpha value is -3.42. The monoisotopic (exact) mass is 436 g/mol. The molecule has 0 saturated carbocycles. The first-order valence-electron chi connectivity index (χ1n) is 9.08. The minimum Gasteiger partial charge on any atom is -0.484 e. The molecule has 0 saturated heterocycles. The van der Waals surface area contributed by atoms with E-state index in [1.165, 1.54) is 0 Å². The van der Waals surface area contributed by atoms with Crippen molar-refractivity contribution in [1.82, 2.24) is 15.2 Å². The molecular formula is C22H17ClN4O2S. The highest BCUT2D eigenvalue weighted by molar-refractivity contribution is 7.13. The number of hydrogen-bond donors (Lipinski definition) is 1. The molecule has 0 aliphatic carbocycles. The standard InChI is InChI=1S/C22H17ClN4O2S/c23-17-8-10-19(11-9-17)29-15-21(28)25-24-13-16-14-27(18-5-2-1-3-6-18)26-22(16)20-7-4-12-30-20/h1-14H,15H2,(H,25,28)/b24-13+. The molecule has 0 spiro atoms. The summed E-state index contributed by atoms with van der Waals surface area (Å²) >= 11 is 7.42. The summed E-state index contributed by atoms with van der Waals surface area (Å²) in [5.74, 6) is 0.192. The third-order valence-corrected chi connectivity index (χ3v) is 5.22. The Morgan fingerprint density at radius 3 is 2.67 bits per heavy atom. The van der Waals surface area contributed by atoms with Gasteiger partial charge in [-0.1, -0.05) is 35.9 Å². The molecule has 0 atom stereocenters. The summed E-state index contributed by atoms with van der Waals surface area (Å²) in [5, 5.41) is 11.4. The molecule has 0 radical (unpaired) electrons.